The van der Waals surface area contributed by atoms with Crippen LogP contribution in [-0.4, -0.2) is 11.1 Å². The maximum Gasteiger partial charge on any atom is 0.0130 e. The van der Waals surface area contributed by atoms with E-state index < -0.39 is 0 Å². The quantitative estimate of drug-likeness (QED) is 0.355. The molecule has 0 aromatic heterocycles. The summed E-state index contributed by atoms with van der Waals surface area (Å²) < 4.78 is 0. The molecule has 0 amide bonds. The number of nitrogens with one attached hydrogen (secondary N) is 1. The van der Waals surface area contributed by atoms with Crippen molar-refractivity contribution in [3.8, 4) is 0 Å². The molecule has 1 saturated heterocycles. The maximum absolute atomic E-state index is 4.02. The molecule has 35 heavy (non-hydrogen) atoms. The Kier molecular flexibility index (Phi) is 20.7. The van der Waals surface area contributed by atoms with Gasteiger partial charge >= 0.3 is 0 Å². The molecule has 0 aromatic rings. The first-order valence-corrected chi connectivity index (χ1v) is 16.7. The largest absolute Gasteiger partial charge is 0.307 e. The molecule has 1 aliphatic heterocycles. The highest BCUT2D eigenvalue weighted by Gasteiger charge is 2.26. The van der Waals surface area contributed by atoms with Crippen LogP contribution in [0.2, 0.25) is 0 Å². The molecule has 1 rings (SSSR count). The van der Waals surface area contributed by atoms with Gasteiger partial charge in [-0.15, -0.1) is 0 Å². The van der Waals surface area contributed by atoms with Gasteiger partial charge in [-0.3, -0.25) is 0 Å². The lowest BCUT2D eigenvalue weighted by atomic mass is 9.89. The van der Waals surface area contributed by atoms with Gasteiger partial charge in [-0.25, -0.2) is 0 Å². The fraction of sp³-hybridized carbons (Fsp3) is 1.00. The first-order chi connectivity index (χ1) is 16.9. The van der Waals surface area contributed by atoms with Crippen molar-refractivity contribution in [1.82, 2.24) is 5.32 Å². The molecule has 1 heterocycles. The van der Waals surface area contributed by atoms with Gasteiger partial charge in [0, 0.05) is 11.1 Å². The predicted molar refractivity (Wildman–Crippen MR) is 161 cm³/mol. The third-order valence-electron chi connectivity index (χ3n) is 8.53. The summed E-state index contributed by atoms with van der Waals surface area (Å²) in [7, 11) is 0. The van der Waals surface area contributed by atoms with Crippen LogP contribution in [0, 0.1) is 0 Å². The van der Waals surface area contributed by atoms with E-state index in [2.05, 4.69) is 33.0 Å². The molecule has 1 N–H and O–H groups in total. The van der Waals surface area contributed by atoms with E-state index in [1.807, 2.05) is 0 Å². The van der Waals surface area contributed by atoms with E-state index in [0.29, 0.717) is 0 Å². The first kappa shape index (κ1) is 33.0. The minimum absolute atomic E-state index is 0.267. The number of hydrogen-bond acceptors (Lipinski definition) is 1. The number of hydrogen-bond donors (Lipinski definition) is 1. The third kappa shape index (κ3) is 22.9. The summed E-state index contributed by atoms with van der Waals surface area (Å²) >= 11 is 0. The van der Waals surface area contributed by atoms with Crippen molar-refractivity contribution in [3.63, 3.8) is 0 Å². The lowest BCUT2D eigenvalue weighted by molar-refractivity contribution is 0.230. The van der Waals surface area contributed by atoms with Gasteiger partial charge in [0.2, 0.25) is 0 Å². The van der Waals surface area contributed by atoms with Crippen molar-refractivity contribution >= 4 is 0 Å². The first-order valence-electron chi connectivity index (χ1n) is 16.7. The van der Waals surface area contributed by atoms with E-state index in [0.717, 1.165) is 0 Å². The molecule has 1 aliphatic rings. The van der Waals surface area contributed by atoms with Gasteiger partial charge in [0.05, 0.1) is 0 Å². The molecule has 210 valence electrons. The molecule has 0 unspecified atom stereocenters. The molecule has 1 heteroatoms. The Morgan fingerprint density at radius 1 is 0.257 bits per heavy atom. The summed E-state index contributed by atoms with van der Waals surface area (Å²) in [6.45, 7) is 9.72. The monoisotopic (exact) mass is 492 g/mol. The zero-order valence-electron chi connectivity index (χ0n) is 25.3. The second-order valence-electron chi connectivity index (χ2n) is 13.6. The SMILES string of the molecule is CC1(C)CCCCCCCCCCCCCCCCCCCCCCCCCCCCC(C)(C)N1. The van der Waals surface area contributed by atoms with Crippen molar-refractivity contribution < 1.29 is 0 Å². The highest BCUT2D eigenvalue weighted by atomic mass is 15.0. The van der Waals surface area contributed by atoms with Crippen LogP contribution < -0.4 is 5.32 Å². The van der Waals surface area contributed by atoms with E-state index >= 15 is 0 Å². The third-order valence-corrected chi connectivity index (χ3v) is 8.53. The van der Waals surface area contributed by atoms with Crippen LogP contribution in [0.1, 0.15) is 207 Å². The molecule has 0 spiro atoms. The van der Waals surface area contributed by atoms with Crippen molar-refractivity contribution in [2.45, 2.75) is 219 Å². The van der Waals surface area contributed by atoms with Crippen LogP contribution in [-0.2, 0) is 0 Å². The predicted octanol–water partition coefficient (Wildman–Crippen LogP) is 12.1. The molecule has 0 saturated carbocycles. The standard InChI is InChI=1S/C34H69N/c1-33(2)31-29-27-25-23-21-19-17-15-13-11-9-7-5-6-8-10-12-14-16-18-20-22-24-26-28-30-32-34(3,4)35-33/h35H,5-32H2,1-4H3. The van der Waals surface area contributed by atoms with Crippen molar-refractivity contribution in [1.29, 1.82) is 0 Å². The van der Waals surface area contributed by atoms with Crippen LogP contribution in [0.15, 0.2) is 0 Å². The van der Waals surface area contributed by atoms with Crippen molar-refractivity contribution in [2.75, 3.05) is 0 Å². The van der Waals surface area contributed by atoms with E-state index in [4.69, 9.17) is 0 Å². The molecule has 1 nitrogen and oxygen atoms in total. The Hall–Kier alpha value is -0.0400. The summed E-state index contributed by atoms with van der Waals surface area (Å²) in [4.78, 5) is 0. The summed E-state index contributed by atoms with van der Waals surface area (Å²) in [5.74, 6) is 0. The molecule has 0 aliphatic carbocycles. The van der Waals surface area contributed by atoms with E-state index in [-0.39, 0.29) is 11.1 Å². The smallest absolute Gasteiger partial charge is 0.0130 e. The highest BCUT2D eigenvalue weighted by molar-refractivity contribution is 4.88. The Bertz CT molecular complexity index is 398. The second kappa shape index (κ2) is 22.0. The minimum Gasteiger partial charge on any atom is -0.307 e. The summed E-state index contributed by atoms with van der Waals surface area (Å²) in [5, 5.41) is 4.02. The lowest BCUT2D eigenvalue weighted by Crippen LogP contribution is -2.51. The molecule has 0 radical (unpaired) electrons. The average molecular weight is 492 g/mol. The summed E-state index contributed by atoms with van der Waals surface area (Å²) in [6.07, 6.45) is 40.7. The molecule has 0 atom stereocenters. The zero-order valence-corrected chi connectivity index (χ0v) is 25.3. The summed E-state index contributed by atoms with van der Waals surface area (Å²) in [5.41, 5.74) is 0.534. The van der Waals surface area contributed by atoms with Gasteiger partial charge in [-0.05, 0) is 40.5 Å². The van der Waals surface area contributed by atoms with Crippen LogP contribution in [0.3, 0.4) is 0 Å². The fourth-order valence-electron chi connectivity index (χ4n) is 6.42. The number of rotatable bonds is 0. The molecule has 1 fully saturated rings. The molecule has 0 aromatic carbocycles. The van der Waals surface area contributed by atoms with Crippen LogP contribution in [0.25, 0.3) is 0 Å². The van der Waals surface area contributed by atoms with Gasteiger partial charge in [-0.1, -0.05) is 167 Å². The summed E-state index contributed by atoms with van der Waals surface area (Å²) in [6, 6.07) is 0. The Morgan fingerprint density at radius 2 is 0.400 bits per heavy atom. The van der Waals surface area contributed by atoms with E-state index in [9.17, 15) is 0 Å². The van der Waals surface area contributed by atoms with Crippen molar-refractivity contribution in [2.24, 2.45) is 0 Å². The molecular formula is C34H69N. The lowest BCUT2D eigenvalue weighted by Gasteiger charge is -2.37. The zero-order chi connectivity index (χ0) is 25.5. The maximum atomic E-state index is 4.02. The minimum atomic E-state index is 0.267. The van der Waals surface area contributed by atoms with Gasteiger partial charge in [0.1, 0.15) is 0 Å². The van der Waals surface area contributed by atoms with Crippen molar-refractivity contribution in [3.05, 3.63) is 0 Å². The Labute approximate surface area is 223 Å². The Balaban J connectivity index is 2.25. The van der Waals surface area contributed by atoms with E-state index in [1.54, 1.807) is 0 Å². The second-order valence-corrected chi connectivity index (χ2v) is 13.6. The molecular weight excluding hydrogens is 422 g/mol. The van der Waals surface area contributed by atoms with Crippen LogP contribution in [0.5, 0.6) is 0 Å². The van der Waals surface area contributed by atoms with E-state index in [1.165, 1.54) is 180 Å². The average Bonchev–Trinajstić information content (AvgIpc) is 2.79. The van der Waals surface area contributed by atoms with Crippen LogP contribution >= 0.6 is 0 Å². The van der Waals surface area contributed by atoms with Crippen LogP contribution in [0.4, 0.5) is 0 Å². The van der Waals surface area contributed by atoms with Gasteiger partial charge in [0.15, 0.2) is 0 Å². The highest BCUT2D eigenvalue weighted by Crippen LogP contribution is 2.23. The Morgan fingerprint density at radius 3 is 0.571 bits per heavy atom. The normalized spacial score (nSPS) is 25.7. The topological polar surface area (TPSA) is 12.0 Å². The van der Waals surface area contributed by atoms with Gasteiger partial charge < -0.3 is 5.32 Å². The fourth-order valence-corrected chi connectivity index (χ4v) is 6.42. The molecule has 0 bridgehead atoms. The van der Waals surface area contributed by atoms with Gasteiger partial charge in [0.25, 0.3) is 0 Å². The van der Waals surface area contributed by atoms with Gasteiger partial charge in [-0.2, -0.15) is 0 Å².